The van der Waals surface area contributed by atoms with E-state index in [0.717, 1.165) is 5.56 Å². The number of halogens is 1. The average molecular weight is 316 g/mol. The summed E-state index contributed by atoms with van der Waals surface area (Å²) in [7, 11) is 0. The first-order chi connectivity index (χ1) is 10.2. The molecule has 0 unspecified atom stereocenters. The number of carbonyl (C=O) groups excluding carboxylic acids is 1. The van der Waals surface area contributed by atoms with E-state index in [4.69, 9.17) is 16.9 Å². The van der Waals surface area contributed by atoms with Crippen molar-refractivity contribution in [3.05, 3.63) is 64.2 Å². The van der Waals surface area contributed by atoms with Crippen molar-refractivity contribution in [2.45, 2.75) is 0 Å². The summed E-state index contributed by atoms with van der Waals surface area (Å²) < 4.78 is 0. The summed E-state index contributed by atoms with van der Waals surface area (Å²) in [5, 5.41) is 14.1. The third kappa shape index (κ3) is 4.56. The van der Waals surface area contributed by atoms with Crippen LogP contribution in [0, 0.1) is 11.3 Å². The third-order valence-corrected chi connectivity index (χ3v) is 3.31. The van der Waals surface area contributed by atoms with Crippen LogP contribution in [0.5, 0.6) is 0 Å². The van der Waals surface area contributed by atoms with Gasteiger partial charge < -0.3 is 0 Å². The third-order valence-electron chi connectivity index (χ3n) is 2.40. The molecule has 0 aliphatic rings. The second kappa shape index (κ2) is 7.39. The summed E-state index contributed by atoms with van der Waals surface area (Å²) in [5.41, 5.74) is 0.804. The van der Waals surface area contributed by atoms with Crippen molar-refractivity contribution >= 4 is 40.1 Å². The number of nitriles is 1. The molecule has 4 nitrogen and oxygen atoms in total. The number of hydrogen-bond donors (Lipinski definition) is 1. The standard InChI is InChI=1S/C15H10ClN3OS/c16-13(8-11-4-2-1-3-5-11)9-12(10-17)14(20)19-15-18-6-7-21-15/h1-9H,(H,18,19,20)/b12-9+,13-8-. The molecule has 0 spiro atoms. The van der Waals surface area contributed by atoms with Crippen LogP contribution >= 0.6 is 22.9 Å². The Morgan fingerprint density at radius 2 is 2.14 bits per heavy atom. The molecule has 1 aromatic carbocycles. The molecule has 0 bridgehead atoms. The quantitative estimate of drug-likeness (QED) is 0.530. The molecule has 2 rings (SSSR count). The first kappa shape index (κ1) is 15.0. The lowest BCUT2D eigenvalue weighted by molar-refractivity contribution is -0.112. The Morgan fingerprint density at radius 1 is 1.38 bits per heavy atom. The molecular weight excluding hydrogens is 306 g/mol. The predicted octanol–water partition coefficient (Wildman–Crippen LogP) is 3.81. The van der Waals surface area contributed by atoms with Gasteiger partial charge in [0.25, 0.3) is 5.91 Å². The summed E-state index contributed by atoms with van der Waals surface area (Å²) in [6.07, 6.45) is 4.57. The van der Waals surface area contributed by atoms with Crippen molar-refractivity contribution in [1.82, 2.24) is 4.98 Å². The lowest BCUT2D eigenvalue weighted by Gasteiger charge is -1.99. The van der Waals surface area contributed by atoms with Gasteiger partial charge in [0.05, 0.1) is 0 Å². The number of carbonyl (C=O) groups is 1. The minimum atomic E-state index is -0.535. The molecule has 6 heteroatoms. The van der Waals surface area contributed by atoms with Crippen LogP contribution in [0.15, 0.2) is 58.6 Å². The predicted molar refractivity (Wildman–Crippen MR) is 84.7 cm³/mol. The molecule has 104 valence electrons. The number of hydrogen-bond acceptors (Lipinski definition) is 4. The molecule has 2 aromatic rings. The maximum atomic E-state index is 11.9. The van der Waals surface area contributed by atoms with E-state index < -0.39 is 5.91 Å². The number of benzene rings is 1. The summed E-state index contributed by atoms with van der Waals surface area (Å²) in [6, 6.07) is 11.2. The topological polar surface area (TPSA) is 65.8 Å². The second-order valence-corrected chi connectivity index (χ2v) is 5.23. The van der Waals surface area contributed by atoms with Gasteiger partial charge in [-0.3, -0.25) is 10.1 Å². The van der Waals surface area contributed by atoms with E-state index in [1.54, 1.807) is 17.7 Å². The van der Waals surface area contributed by atoms with Crippen LogP contribution in [-0.4, -0.2) is 10.9 Å². The van der Waals surface area contributed by atoms with Crippen molar-refractivity contribution < 1.29 is 4.79 Å². The molecule has 0 aliphatic carbocycles. The van der Waals surface area contributed by atoms with E-state index in [9.17, 15) is 4.79 Å². The van der Waals surface area contributed by atoms with E-state index in [2.05, 4.69) is 10.3 Å². The number of nitrogens with one attached hydrogen (secondary N) is 1. The molecular formula is C15H10ClN3OS. The van der Waals surface area contributed by atoms with Gasteiger partial charge in [0.15, 0.2) is 5.13 Å². The zero-order valence-electron chi connectivity index (χ0n) is 10.8. The van der Waals surface area contributed by atoms with E-state index in [1.807, 2.05) is 36.4 Å². The highest BCUT2D eigenvalue weighted by Gasteiger charge is 2.10. The molecule has 0 fully saturated rings. The number of allylic oxidation sites excluding steroid dienone is 2. The molecule has 0 atom stereocenters. The van der Waals surface area contributed by atoms with E-state index in [1.165, 1.54) is 17.4 Å². The van der Waals surface area contributed by atoms with Gasteiger partial charge >= 0.3 is 0 Å². The molecule has 1 aromatic heterocycles. The van der Waals surface area contributed by atoms with Gasteiger partial charge in [0, 0.05) is 16.6 Å². The van der Waals surface area contributed by atoms with Crippen LogP contribution in [0.4, 0.5) is 5.13 Å². The Bertz CT molecular complexity index is 715. The minimum absolute atomic E-state index is 0.0811. The van der Waals surface area contributed by atoms with Gasteiger partial charge in [-0.2, -0.15) is 5.26 Å². The zero-order chi connectivity index (χ0) is 15.1. The molecule has 1 heterocycles. The van der Waals surface area contributed by atoms with Crippen molar-refractivity contribution in [1.29, 1.82) is 5.26 Å². The number of rotatable bonds is 4. The summed E-state index contributed by atoms with van der Waals surface area (Å²) in [5.74, 6) is -0.535. The monoisotopic (exact) mass is 315 g/mol. The van der Waals surface area contributed by atoms with E-state index >= 15 is 0 Å². The van der Waals surface area contributed by atoms with Gasteiger partial charge in [-0.25, -0.2) is 4.98 Å². The fourth-order valence-electron chi connectivity index (χ4n) is 1.49. The van der Waals surface area contributed by atoms with Gasteiger partial charge in [0.2, 0.25) is 0 Å². The van der Waals surface area contributed by atoms with Crippen LogP contribution in [-0.2, 0) is 4.79 Å². The lowest BCUT2D eigenvalue weighted by Crippen LogP contribution is -2.13. The van der Waals surface area contributed by atoms with E-state index in [-0.39, 0.29) is 5.57 Å². The highest BCUT2D eigenvalue weighted by molar-refractivity contribution is 7.13. The molecule has 0 aliphatic heterocycles. The summed E-state index contributed by atoms with van der Waals surface area (Å²) >= 11 is 7.33. The Hall–Kier alpha value is -2.42. The molecule has 1 amide bonds. The highest BCUT2D eigenvalue weighted by Crippen LogP contribution is 2.15. The molecule has 1 N–H and O–H groups in total. The Kier molecular flexibility index (Phi) is 5.27. The second-order valence-electron chi connectivity index (χ2n) is 3.90. The number of nitrogens with zero attached hydrogens (tertiary/aromatic N) is 2. The first-order valence-corrected chi connectivity index (χ1v) is 7.19. The van der Waals surface area contributed by atoms with E-state index in [0.29, 0.717) is 10.2 Å². The van der Waals surface area contributed by atoms with Crippen LogP contribution in [0.2, 0.25) is 0 Å². The number of aromatic nitrogens is 1. The van der Waals surface area contributed by atoms with Gasteiger partial charge in [-0.05, 0) is 17.7 Å². The Labute approximate surface area is 131 Å². The highest BCUT2D eigenvalue weighted by atomic mass is 35.5. The van der Waals surface area contributed by atoms with Gasteiger partial charge in [-0.1, -0.05) is 41.9 Å². The number of thiazole rings is 1. The van der Waals surface area contributed by atoms with Crippen LogP contribution in [0.25, 0.3) is 6.08 Å². The lowest BCUT2D eigenvalue weighted by atomic mass is 10.2. The maximum Gasteiger partial charge on any atom is 0.268 e. The molecule has 0 saturated heterocycles. The summed E-state index contributed by atoms with van der Waals surface area (Å²) in [4.78, 5) is 15.8. The van der Waals surface area contributed by atoms with Crippen molar-refractivity contribution in [2.75, 3.05) is 5.32 Å². The maximum absolute atomic E-state index is 11.9. The van der Waals surface area contributed by atoms with Crippen LogP contribution in [0.3, 0.4) is 0 Å². The van der Waals surface area contributed by atoms with Crippen LogP contribution in [0.1, 0.15) is 5.56 Å². The zero-order valence-corrected chi connectivity index (χ0v) is 12.4. The molecule has 21 heavy (non-hydrogen) atoms. The Morgan fingerprint density at radius 3 is 2.76 bits per heavy atom. The van der Waals surface area contributed by atoms with Crippen molar-refractivity contribution in [3.63, 3.8) is 0 Å². The normalized spacial score (nSPS) is 11.8. The van der Waals surface area contributed by atoms with Crippen LogP contribution < -0.4 is 5.32 Å². The Balaban J connectivity index is 2.15. The first-order valence-electron chi connectivity index (χ1n) is 5.94. The minimum Gasteiger partial charge on any atom is -0.297 e. The fraction of sp³-hybridized carbons (Fsp3) is 0. The van der Waals surface area contributed by atoms with Crippen molar-refractivity contribution in [2.24, 2.45) is 0 Å². The fourth-order valence-corrected chi connectivity index (χ4v) is 2.25. The number of amides is 1. The van der Waals surface area contributed by atoms with Gasteiger partial charge in [-0.15, -0.1) is 11.3 Å². The summed E-state index contributed by atoms with van der Waals surface area (Å²) in [6.45, 7) is 0. The molecule has 0 saturated carbocycles. The SMILES string of the molecule is N#C/C(=C\C(Cl)=C\c1ccccc1)C(=O)Nc1nccs1. The smallest absolute Gasteiger partial charge is 0.268 e. The largest absolute Gasteiger partial charge is 0.297 e. The average Bonchev–Trinajstić information content (AvgIpc) is 2.98. The molecule has 0 radical (unpaired) electrons. The van der Waals surface area contributed by atoms with Gasteiger partial charge in [0.1, 0.15) is 11.6 Å². The van der Waals surface area contributed by atoms with Crippen molar-refractivity contribution in [3.8, 4) is 6.07 Å². The number of anilines is 1.